The predicted octanol–water partition coefficient (Wildman–Crippen LogP) is 2.53. The molecule has 3 aromatic rings. The van der Waals surface area contributed by atoms with E-state index in [1.807, 2.05) is 48.2 Å². The number of benzene rings is 1. The maximum absolute atomic E-state index is 12.8. The second kappa shape index (κ2) is 5.79. The second-order valence-electron chi connectivity index (χ2n) is 7.13. The maximum atomic E-state index is 12.8. The zero-order valence-corrected chi connectivity index (χ0v) is 14.6. The third-order valence-electron chi connectivity index (χ3n) is 5.10. The second-order valence-corrected chi connectivity index (χ2v) is 7.13. The number of nitrogens with one attached hydrogen (secondary N) is 1. The average molecular weight is 348 g/mol. The van der Waals surface area contributed by atoms with Crippen molar-refractivity contribution in [2.75, 3.05) is 16.8 Å². The number of fused-ring (bicyclic) bond motifs is 1. The molecule has 26 heavy (non-hydrogen) atoms. The fourth-order valence-corrected chi connectivity index (χ4v) is 3.45. The van der Waals surface area contributed by atoms with E-state index in [9.17, 15) is 4.79 Å². The third-order valence-corrected chi connectivity index (χ3v) is 5.10. The van der Waals surface area contributed by atoms with Gasteiger partial charge in [-0.25, -0.2) is 0 Å². The van der Waals surface area contributed by atoms with Crippen molar-refractivity contribution in [3.63, 3.8) is 0 Å². The van der Waals surface area contributed by atoms with Crippen molar-refractivity contribution in [3.8, 4) is 0 Å². The van der Waals surface area contributed by atoms with E-state index < -0.39 is 0 Å². The van der Waals surface area contributed by atoms with Gasteiger partial charge in [-0.15, -0.1) is 15.3 Å². The van der Waals surface area contributed by atoms with E-state index in [0.29, 0.717) is 18.3 Å². The number of carbonyl (C=O) groups is 1. The number of nitrogens with zero attached hydrogens (tertiary/aromatic N) is 5. The number of amides is 1. The largest absolute Gasteiger partial charge is 0.357 e. The Bertz CT molecular complexity index is 975. The first-order valence-electron chi connectivity index (χ1n) is 9.06. The topological polar surface area (TPSA) is 75.4 Å². The lowest BCUT2D eigenvalue weighted by atomic mass is 10.2. The monoisotopic (exact) mass is 348 g/mol. The number of hydrogen-bond acceptors (Lipinski definition) is 5. The van der Waals surface area contributed by atoms with Crippen LogP contribution in [0.15, 0.2) is 36.4 Å². The fourth-order valence-electron chi connectivity index (χ4n) is 3.45. The highest BCUT2D eigenvalue weighted by molar-refractivity contribution is 6.00. The molecule has 132 valence electrons. The molecular weight excluding hydrogens is 328 g/mol. The van der Waals surface area contributed by atoms with Crippen LogP contribution in [0.4, 0.5) is 11.5 Å². The van der Waals surface area contributed by atoms with E-state index in [1.165, 1.54) is 5.56 Å². The van der Waals surface area contributed by atoms with E-state index in [0.717, 1.165) is 36.4 Å². The van der Waals surface area contributed by atoms with Gasteiger partial charge in [-0.2, -0.15) is 4.52 Å². The van der Waals surface area contributed by atoms with Crippen LogP contribution in [-0.4, -0.2) is 38.3 Å². The first kappa shape index (κ1) is 15.3. The minimum Gasteiger partial charge on any atom is -0.357 e. The Morgan fingerprint density at radius 3 is 2.62 bits per heavy atom. The lowest BCUT2D eigenvalue weighted by Crippen LogP contribution is -2.33. The van der Waals surface area contributed by atoms with Gasteiger partial charge in [0.25, 0.3) is 0 Å². The molecule has 1 saturated carbocycles. The average Bonchev–Trinajstić information content (AvgIpc) is 3.31. The van der Waals surface area contributed by atoms with E-state index in [-0.39, 0.29) is 11.9 Å². The van der Waals surface area contributed by atoms with E-state index in [4.69, 9.17) is 0 Å². The summed E-state index contributed by atoms with van der Waals surface area (Å²) in [5.74, 6) is 2.16. The minimum atomic E-state index is -0.262. The molecule has 1 unspecified atom stereocenters. The molecule has 0 radical (unpaired) electrons. The summed E-state index contributed by atoms with van der Waals surface area (Å²) < 4.78 is 1.80. The van der Waals surface area contributed by atoms with Gasteiger partial charge in [-0.3, -0.25) is 4.79 Å². The zero-order valence-electron chi connectivity index (χ0n) is 14.6. The zero-order chi connectivity index (χ0) is 17.7. The molecule has 5 rings (SSSR count). The van der Waals surface area contributed by atoms with Crippen LogP contribution in [0, 0.1) is 6.92 Å². The highest BCUT2D eigenvalue weighted by atomic mass is 16.2. The van der Waals surface area contributed by atoms with E-state index in [1.54, 1.807) is 4.52 Å². The Morgan fingerprint density at radius 1 is 1.04 bits per heavy atom. The van der Waals surface area contributed by atoms with Gasteiger partial charge in [0.1, 0.15) is 11.9 Å². The first-order chi connectivity index (χ1) is 12.7. The van der Waals surface area contributed by atoms with Crippen molar-refractivity contribution in [2.24, 2.45) is 0 Å². The van der Waals surface area contributed by atoms with Crippen molar-refractivity contribution >= 4 is 23.1 Å². The van der Waals surface area contributed by atoms with Crippen molar-refractivity contribution in [2.45, 2.75) is 38.1 Å². The van der Waals surface area contributed by atoms with Crippen molar-refractivity contribution < 1.29 is 4.79 Å². The molecule has 7 heteroatoms. The molecular formula is C19H20N6O. The molecule has 2 fully saturated rings. The van der Waals surface area contributed by atoms with Crippen molar-refractivity contribution in [3.05, 3.63) is 47.8 Å². The van der Waals surface area contributed by atoms with Crippen molar-refractivity contribution in [1.82, 2.24) is 19.8 Å². The summed E-state index contributed by atoms with van der Waals surface area (Å²) in [6.07, 6.45) is 3.05. The molecule has 1 aliphatic heterocycles. The third kappa shape index (κ3) is 2.60. The molecule has 0 bridgehead atoms. The molecule has 7 nitrogen and oxygen atoms in total. The number of anilines is 2. The summed E-state index contributed by atoms with van der Waals surface area (Å²) in [4.78, 5) is 14.6. The Morgan fingerprint density at radius 2 is 1.85 bits per heavy atom. The number of hydrogen-bond donors (Lipinski definition) is 1. The highest BCUT2D eigenvalue weighted by Gasteiger charge is 2.33. The summed E-state index contributed by atoms with van der Waals surface area (Å²) in [6, 6.07) is 11.6. The van der Waals surface area contributed by atoms with Gasteiger partial charge in [-0.05, 0) is 50.5 Å². The van der Waals surface area contributed by atoms with Gasteiger partial charge in [0.2, 0.25) is 5.91 Å². The Kier molecular flexibility index (Phi) is 3.41. The molecule has 2 aliphatic rings. The van der Waals surface area contributed by atoms with Gasteiger partial charge >= 0.3 is 0 Å². The van der Waals surface area contributed by atoms with Gasteiger partial charge in [0, 0.05) is 18.2 Å². The Labute approximate surface area is 151 Å². The number of aryl methyl sites for hydroxylation is 1. The molecule has 1 saturated heterocycles. The van der Waals surface area contributed by atoms with Crippen LogP contribution in [0.1, 0.15) is 36.6 Å². The highest BCUT2D eigenvalue weighted by Crippen LogP contribution is 2.38. The lowest BCUT2D eigenvalue weighted by Gasteiger charge is -2.17. The Hall–Kier alpha value is -2.96. The standard InChI is InChI=1S/C19H20N6O/c1-12-2-6-14(7-3-12)24-11-10-15(19(24)26)20-16-8-9-17-21-22-18(13-4-5-13)25(17)23-16/h2-3,6-9,13,15H,4-5,10-11H2,1H3,(H,20,23). The lowest BCUT2D eigenvalue weighted by molar-refractivity contribution is -0.117. The smallest absolute Gasteiger partial charge is 0.249 e. The summed E-state index contributed by atoms with van der Waals surface area (Å²) in [6.45, 7) is 2.75. The van der Waals surface area contributed by atoms with Crippen LogP contribution in [0.3, 0.4) is 0 Å². The number of rotatable bonds is 4. The molecule has 1 amide bonds. The van der Waals surface area contributed by atoms with Crippen LogP contribution >= 0.6 is 0 Å². The molecule has 0 spiro atoms. The summed E-state index contributed by atoms with van der Waals surface area (Å²) in [5, 5.41) is 16.3. The van der Waals surface area contributed by atoms with Gasteiger partial charge in [0.15, 0.2) is 11.5 Å². The first-order valence-corrected chi connectivity index (χ1v) is 9.06. The minimum absolute atomic E-state index is 0.0851. The van der Waals surface area contributed by atoms with Crippen molar-refractivity contribution in [1.29, 1.82) is 0 Å². The molecule has 1 aromatic carbocycles. The van der Waals surface area contributed by atoms with Crippen LogP contribution in [-0.2, 0) is 4.79 Å². The maximum Gasteiger partial charge on any atom is 0.249 e. The van der Waals surface area contributed by atoms with Crippen LogP contribution in [0.5, 0.6) is 0 Å². The summed E-state index contributed by atoms with van der Waals surface area (Å²) in [5.41, 5.74) is 2.88. The number of aromatic nitrogens is 4. The normalized spacial score (nSPS) is 20.1. The fraction of sp³-hybridized carbons (Fsp3) is 0.368. The molecule has 1 atom stereocenters. The predicted molar refractivity (Wildman–Crippen MR) is 98.3 cm³/mol. The molecule has 1 N–H and O–H groups in total. The van der Waals surface area contributed by atoms with E-state index in [2.05, 4.69) is 20.6 Å². The SMILES string of the molecule is Cc1ccc(N2CCC(Nc3ccc4nnc(C5CC5)n4n3)C2=O)cc1. The van der Waals surface area contributed by atoms with Crippen LogP contribution in [0.25, 0.3) is 5.65 Å². The van der Waals surface area contributed by atoms with Gasteiger partial charge in [-0.1, -0.05) is 17.7 Å². The van der Waals surface area contributed by atoms with Gasteiger partial charge in [0.05, 0.1) is 0 Å². The quantitative estimate of drug-likeness (QED) is 0.784. The molecule has 3 heterocycles. The Balaban J connectivity index is 1.36. The van der Waals surface area contributed by atoms with Gasteiger partial charge < -0.3 is 10.2 Å². The number of carbonyl (C=O) groups excluding carboxylic acids is 1. The summed E-state index contributed by atoms with van der Waals surface area (Å²) in [7, 11) is 0. The molecule has 2 aromatic heterocycles. The van der Waals surface area contributed by atoms with Crippen LogP contribution in [0.2, 0.25) is 0 Å². The summed E-state index contributed by atoms with van der Waals surface area (Å²) >= 11 is 0. The van der Waals surface area contributed by atoms with E-state index >= 15 is 0 Å². The molecule has 1 aliphatic carbocycles. The van der Waals surface area contributed by atoms with Crippen LogP contribution < -0.4 is 10.2 Å².